The highest BCUT2D eigenvalue weighted by Gasteiger charge is 2.32. The molecule has 1 saturated carbocycles. The summed E-state index contributed by atoms with van der Waals surface area (Å²) in [5, 5.41) is 19.0. The topological polar surface area (TPSA) is 74.6 Å². The first kappa shape index (κ1) is 21.6. The molecule has 1 aliphatic carbocycles. The van der Waals surface area contributed by atoms with Gasteiger partial charge in [0.25, 0.3) is 0 Å². The zero-order chi connectivity index (χ0) is 18.7. The lowest BCUT2D eigenvalue weighted by Gasteiger charge is -2.20. The molecule has 1 aliphatic rings. The first-order valence-electron chi connectivity index (χ1n) is 9.67. The molecule has 0 aromatic heterocycles. The molecular formula is C21H34O4. The number of carboxylic acid groups (broad SMARTS) is 1. The molecular weight excluding hydrogens is 316 g/mol. The van der Waals surface area contributed by atoms with E-state index in [4.69, 9.17) is 5.11 Å². The van der Waals surface area contributed by atoms with Gasteiger partial charge >= 0.3 is 5.97 Å². The fourth-order valence-corrected chi connectivity index (χ4v) is 3.35. The molecule has 1 rings (SSSR count). The van der Waals surface area contributed by atoms with Crippen molar-refractivity contribution in [2.24, 2.45) is 11.8 Å². The van der Waals surface area contributed by atoms with Crippen LogP contribution in [0.1, 0.15) is 78.1 Å². The molecule has 0 amide bonds. The average Bonchev–Trinajstić information content (AvgIpc) is 2.89. The quantitative estimate of drug-likeness (QED) is 0.396. The Kier molecular flexibility index (Phi) is 9.73. The number of rotatable bonds is 12. The Morgan fingerprint density at radius 1 is 1.28 bits per heavy atom. The molecule has 0 radical (unpaired) electrons. The van der Waals surface area contributed by atoms with E-state index >= 15 is 0 Å². The molecule has 0 saturated heterocycles. The van der Waals surface area contributed by atoms with Crippen molar-refractivity contribution in [2.75, 3.05) is 0 Å². The van der Waals surface area contributed by atoms with Gasteiger partial charge in [-0.1, -0.05) is 50.5 Å². The van der Waals surface area contributed by atoms with Gasteiger partial charge in [0.15, 0.2) is 0 Å². The van der Waals surface area contributed by atoms with Crippen molar-refractivity contribution in [2.45, 2.75) is 83.7 Å². The number of hydrogen-bond acceptors (Lipinski definition) is 3. The molecule has 1 fully saturated rings. The average molecular weight is 350 g/mol. The minimum Gasteiger partial charge on any atom is -0.481 e. The Bertz CT molecular complexity index is 476. The molecule has 1 unspecified atom stereocenters. The van der Waals surface area contributed by atoms with Crippen molar-refractivity contribution in [3.05, 3.63) is 24.3 Å². The van der Waals surface area contributed by atoms with Crippen LogP contribution in [0.4, 0.5) is 0 Å². The van der Waals surface area contributed by atoms with Crippen molar-refractivity contribution >= 4 is 11.8 Å². The van der Waals surface area contributed by atoms with Gasteiger partial charge in [0.05, 0.1) is 5.60 Å². The van der Waals surface area contributed by atoms with Gasteiger partial charge in [-0.15, -0.1) is 0 Å². The van der Waals surface area contributed by atoms with Gasteiger partial charge in [-0.05, 0) is 44.9 Å². The van der Waals surface area contributed by atoms with Crippen LogP contribution in [0, 0.1) is 11.8 Å². The number of carbonyl (C=O) groups is 2. The second-order valence-corrected chi connectivity index (χ2v) is 7.44. The Balaban J connectivity index is 2.47. The van der Waals surface area contributed by atoms with E-state index in [2.05, 4.69) is 6.92 Å². The predicted octanol–water partition coefficient (Wildman–Crippen LogP) is 4.67. The Labute approximate surface area is 152 Å². The lowest BCUT2D eigenvalue weighted by atomic mass is 9.89. The molecule has 4 nitrogen and oxygen atoms in total. The summed E-state index contributed by atoms with van der Waals surface area (Å²) in [6.45, 7) is 3.99. The molecule has 25 heavy (non-hydrogen) atoms. The van der Waals surface area contributed by atoms with Crippen LogP contribution in [0.2, 0.25) is 0 Å². The highest BCUT2D eigenvalue weighted by molar-refractivity contribution is 5.83. The number of aliphatic hydroxyl groups is 1. The number of unbranched alkanes of at least 4 members (excludes halogenated alkanes) is 3. The van der Waals surface area contributed by atoms with Gasteiger partial charge in [0, 0.05) is 18.8 Å². The van der Waals surface area contributed by atoms with E-state index in [1.54, 1.807) is 0 Å². The van der Waals surface area contributed by atoms with Gasteiger partial charge in [0.2, 0.25) is 0 Å². The molecule has 4 heteroatoms. The first-order chi connectivity index (χ1) is 11.9. The number of aliphatic carboxylic acids is 1. The van der Waals surface area contributed by atoms with Crippen LogP contribution < -0.4 is 0 Å². The fraction of sp³-hybridized carbons (Fsp3) is 0.714. The van der Waals surface area contributed by atoms with Gasteiger partial charge in [-0.2, -0.15) is 0 Å². The Morgan fingerprint density at radius 3 is 2.72 bits per heavy atom. The van der Waals surface area contributed by atoms with Crippen molar-refractivity contribution in [3.63, 3.8) is 0 Å². The highest BCUT2D eigenvalue weighted by atomic mass is 16.4. The first-order valence-corrected chi connectivity index (χ1v) is 9.67. The van der Waals surface area contributed by atoms with Crippen molar-refractivity contribution < 1.29 is 19.8 Å². The molecule has 0 bridgehead atoms. The molecule has 3 atom stereocenters. The number of ketones is 1. The van der Waals surface area contributed by atoms with E-state index in [1.165, 1.54) is 0 Å². The number of allylic oxidation sites excluding steroid dienone is 3. The van der Waals surface area contributed by atoms with E-state index in [9.17, 15) is 14.7 Å². The normalized spacial score (nSPS) is 23.6. The van der Waals surface area contributed by atoms with Crippen molar-refractivity contribution in [1.29, 1.82) is 0 Å². The summed E-state index contributed by atoms with van der Waals surface area (Å²) in [6.07, 6.45) is 15.7. The summed E-state index contributed by atoms with van der Waals surface area (Å²) in [5.74, 6) is -0.266. The number of Topliss-reactive ketones (excluding diaryl/α,β-unsaturated/α-hetero) is 1. The summed E-state index contributed by atoms with van der Waals surface area (Å²) in [5.41, 5.74) is -0.794. The minimum atomic E-state index is -0.794. The largest absolute Gasteiger partial charge is 0.481 e. The molecule has 0 aliphatic heterocycles. The van der Waals surface area contributed by atoms with E-state index < -0.39 is 11.6 Å². The number of hydrogen-bond donors (Lipinski definition) is 2. The summed E-state index contributed by atoms with van der Waals surface area (Å²) in [4.78, 5) is 22.6. The van der Waals surface area contributed by atoms with Crippen LogP contribution in [0.25, 0.3) is 0 Å². The smallest absolute Gasteiger partial charge is 0.303 e. The number of carboxylic acids is 1. The monoisotopic (exact) mass is 350 g/mol. The minimum absolute atomic E-state index is 0.00147. The maximum absolute atomic E-state index is 12.1. The maximum atomic E-state index is 12.1. The molecule has 0 aromatic carbocycles. The van der Waals surface area contributed by atoms with Crippen LogP contribution in [-0.2, 0) is 9.59 Å². The van der Waals surface area contributed by atoms with Gasteiger partial charge in [-0.3, -0.25) is 9.59 Å². The molecule has 0 spiro atoms. The second-order valence-electron chi connectivity index (χ2n) is 7.44. The predicted molar refractivity (Wildman–Crippen MR) is 100 cm³/mol. The molecule has 0 aromatic rings. The summed E-state index contributed by atoms with van der Waals surface area (Å²) >= 11 is 0. The summed E-state index contributed by atoms with van der Waals surface area (Å²) in [7, 11) is 0. The van der Waals surface area contributed by atoms with E-state index in [-0.39, 0.29) is 18.3 Å². The third kappa shape index (κ3) is 9.01. The van der Waals surface area contributed by atoms with Gasteiger partial charge in [-0.25, -0.2) is 0 Å². The van der Waals surface area contributed by atoms with E-state index in [1.807, 2.05) is 31.2 Å². The number of carbonyl (C=O) groups excluding carboxylic acids is 1. The van der Waals surface area contributed by atoms with Crippen LogP contribution in [0.3, 0.4) is 0 Å². The zero-order valence-electron chi connectivity index (χ0n) is 15.7. The summed E-state index contributed by atoms with van der Waals surface area (Å²) in [6, 6.07) is 0. The lowest BCUT2D eigenvalue weighted by Crippen LogP contribution is -2.21. The second kappa shape index (κ2) is 11.2. The standard InChI is InChI=1S/C21H34O4/c1-3-4-9-15-21(2,25)16-14-17-12-13-19(22)18(17)10-7-5-6-8-11-20(23)24/h5,7,14,16-18,25H,3-4,6,8-13,15H2,1-2H3,(H,23,24)/b7-5-,16-14+/t17?,18-,21+/m1/s1. The third-order valence-corrected chi connectivity index (χ3v) is 4.96. The third-order valence-electron chi connectivity index (χ3n) is 4.96. The zero-order valence-corrected chi connectivity index (χ0v) is 15.7. The van der Waals surface area contributed by atoms with Gasteiger partial charge in [0.1, 0.15) is 5.78 Å². The van der Waals surface area contributed by atoms with E-state index in [0.29, 0.717) is 25.0 Å². The van der Waals surface area contributed by atoms with Gasteiger partial charge < -0.3 is 10.2 Å². The molecule has 142 valence electrons. The summed E-state index contributed by atoms with van der Waals surface area (Å²) < 4.78 is 0. The van der Waals surface area contributed by atoms with Crippen LogP contribution in [-0.4, -0.2) is 27.6 Å². The molecule has 2 N–H and O–H groups in total. The Hall–Kier alpha value is -1.42. The fourth-order valence-electron chi connectivity index (χ4n) is 3.35. The molecule has 0 heterocycles. The SMILES string of the molecule is CCCCC[C@](C)(O)/C=C/C1CCC(=O)[C@@H]1C/C=C\CCCC(=O)O. The van der Waals surface area contributed by atoms with Crippen LogP contribution in [0.15, 0.2) is 24.3 Å². The van der Waals surface area contributed by atoms with Crippen LogP contribution >= 0.6 is 0 Å². The van der Waals surface area contributed by atoms with Crippen molar-refractivity contribution in [3.8, 4) is 0 Å². The maximum Gasteiger partial charge on any atom is 0.303 e. The van der Waals surface area contributed by atoms with Crippen LogP contribution in [0.5, 0.6) is 0 Å². The lowest BCUT2D eigenvalue weighted by molar-refractivity contribution is -0.137. The Morgan fingerprint density at radius 2 is 2.04 bits per heavy atom. The highest BCUT2D eigenvalue weighted by Crippen LogP contribution is 2.33. The van der Waals surface area contributed by atoms with E-state index in [0.717, 1.165) is 38.5 Å². The van der Waals surface area contributed by atoms with Crippen molar-refractivity contribution in [1.82, 2.24) is 0 Å².